The Morgan fingerprint density at radius 1 is 0.872 bits per heavy atom. The van der Waals surface area contributed by atoms with Gasteiger partial charge in [-0.1, -0.05) is 74.7 Å². The van der Waals surface area contributed by atoms with Crippen LogP contribution in [0.3, 0.4) is 0 Å². The van der Waals surface area contributed by atoms with E-state index < -0.39 is 12.3 Å². The highest BCUT2D eigenvalue weighted by molar-refractivity contribution is 5.80. The number of rotatable bonds is 10. The molecule has 2 saturated heterocycles. The molecule has 212 valence electrons. The second-order valence-corrected chi connectivity index (χ2v) is 10.8. The summed E-state index contributed by atoms with van der Waals surface area (Å²) in [5.74, 6) is -1.12. The van der Waals surface area contributed by atoms with E-state index in [2.05, 4.69) is 17.1 Å². The molecule has 4 atom stereocenters. The number of carboxylic acids is 1. The number of aliphatic carboxylic acids is 1. The molecule has 2 aromatic rings. The van der Waals surface area contributed by atoms with Crippen LogP contribution in [-0.2, 0) is 32.2 Å². The Morgan fingerprint density at radius 2 is 1.49 bits per heavy atom. The quantitative estimate of drug-likeness (QED) is 0.402. The number of likely N-dealkylation sites (tertiary alicyclic amines) is 1. The number of carboxylic acid groups (broad SMARTS) is 1. The van der Waals surface area contributed by atoms with Crippen LogP contribution in [0.1, 0.15) is 86.5 Å². The van der Waals surface area contributed by atoms with Gasteiger partial charge in [0, 0.05) is 31.0 Å². The number of benzene rings is 2. The summed E-state index contributed by atoms with van der Waals surface area (Å²) in [6, 6.07) is 15.8. The van der Waals surface area contributed by atoms with E-state index in [1.54, 1.807) is 0 Å². The molecule has 0 spiro atoms. The first-order chi connectivity index (χ1) is 18.9. The maximum absolute atomic E-state index is 11.9. The van der Waals surface area contributed by atoms with Gasteiger partial charge in [0.1, 0.15) is 0 Å². The Balaban J connectivity index is 1.47. The fraction of sp³-hybridized carbons (Fsp3) is 0.548. The average Bonchev–Trinajstić information content (AvgIpc) is 2.93. The molecule has 0 unspecified atom stereocenters. The number of hydrogen-bond donors (Lipinski definition) is 3. The largest absolute Gasteiger partial charge is 0.481 e. The summed E-state index contributed by atoms with van der Waals surface area (Å²) in [7, 11) is 0. The number of amides is 1. The van der Waals surface area contributed by atoms with Crippen LogP contribution in [0.15, 0.2) is 48.5 Å². The molecule has 0 aliphatic carbocycles. The van der Waals surface area contributed by atoms with Crippen LogP contribution in [0.25, 0.3) is 0 Å². The van der Waals surface area contributed by atoms with Gasteiger partial charge in [-0.2, -0.15) is 0 Å². The number of hydrogen-bond acceptors (Lipinski definition) is 6. The summed E-state index contributed by atoms with van der Waals surface area (Å²) < 4.78 is 13.2. The van der Waals surface area contributed by atoms with E-state index in [1.807, 2.05) is 48.5 Å². The number of nitrogens with zero attached hydrogens (tertiary/aromatic N) is 1. The third-order valence-electron chi connectivity index (χ3n) is 7.82. The van der Waals surface area contributed by atoms with E-state index in [0.717, 1.165) is 41.9 Å². The first-order valence-corrected chi connectivity index (χ1v) is 14.2. The molecule has 8 nitrogen and oxygen atoms in total. The van der Waals surface area contributed by atoms with Gasteiger partial charge in [-0.3, -0.25) is 9.59 Å². The van der Waals surface area contributed by atoms with Crippen LogP contribution < -0.4 is 5.32 Å². The fourth-order valence-electron chi connectivity index (χ4n) is 5.38. The van der Waals surface area contributed by atoms with Crippen molar-refractivity contribution in [1.29, 1.82) is 0 Å². The molecule has 2 heterocycles. The highest BCUT2D eigenvalue weighted by Crippen LogP contribution is 2.42. The van der Waals surface area contributed by atoms with Gasteiger partial charge >= 0.3 is 5.97 Å². The molecular formula is C31H42N2O6. The van der Waals surface area contributed by atoms with Crippen molar-refractivity contribution in [3.8, 4) is 0 Å². The first kappa shape index (κ1) is 29.2. The summed E-state index contributed by atoms with van der Waals surface area (Å²) in [5.41, 5.74) is 3.78. The van der Waals surface area contributed by atoms with Gasteiger partial charge in [0.15, 0.2) is 6.29 Å². The van der Waals surface area contributed by atoms with E-state index in [-0.39, 0.29) is 43.5 Å². The van der Waals surface area contributed by atoms with E-state index in [0.29, 0.717) is 6.54 Å². The van der Waals surface area contributed by atoms with Gasteiger partial charge in [0.25, 0.3) is 0 Å². The topological polar surface area (TPSA) is 108 Å². The van der Waals surface area contributed by atoms with Crippen LogP contribution in [0.5, 0.6) is 0 Å². The Labute approximate surface area is 231 Å². The minimum absolute atomic E-state index is 0.00102. The lowest BCUT2D eigenvalue weighted by Crippen LogP contribution is -2.45. The monoisotopic (exact) mass is 538 g/mol. The van der Waals surface area contributed by atoms with Crippen molar-refractivity contribution in [2.75, 3.05) is 19.6 Å². The maximum Gasteiger partial charge on any atom is 0.303 e. The molecule has 39 heavy (non-hydrogen) atoms. The molecule has 4 rings (SSSR count). The standard InChI is InChI=1S/C31H42N2O6/c1-22-27(20-33-17-5-3-2-4-6-18-33)38-31(39-30(22)25-11-9-24(21-34)10-12-25)26-13-7-23(8-14-26)19-32-28(35)15-16-29(36)37/h7-14,22,27,30-31,34H,2-6,15-21H2,1H3,(H,32,35)(H,36,37)/t22-,27+,30+,31+/m1/s1. The average molecular weight is 539 g/mol. The summed E-state index contributed by atoms with van der Waals surface area (Å²) in [6.45, 7) is 5.61. The highest BCUT2D eigenvalue weighted by atomic mass is 16.7. The second-order valence-electron chi connectivity index (χ2n) is 10.8. The van der Waals surface area contributed by atoms with Crippen LogP contribution in [-0.4, -0.2) is 52.7 Å². The van der Waals surface area contributed by atoms with Crippen LogP contribution in [0.2, 0.25) is 0 Å². The smallest absolute Gasteiger partial charge is 0.303 e. The Morgan fingerprint density at radius 3 is 2.13 bits per heavy atom. The molecule has 2 aliphatic rings. The summed E-state index contributed by atoms with van der Waals surface area (Å²) >= 11 is 0. The third-order valence-corrected chi connectivity index (χ3v) is 7.82. The molecule has 0 radical (unpaired) electrons. The van der Waals surface area contributed by atoms with Gasteiger partial charge in [-0.15, -0.1) is 0 Å². The lowest BCUT2D eigenvalue weighted by molar-refractivity contribution is -0.276. The van der Waals surface area contributed by atoms with Gasteiger partial charge in [-0.25, -0.2) is 0 Å². The third kappa shape index (κ3) is 8.60. The molecule has 0 aromatic heterocycles. The van der Waals surface area contributed by atoms with Crippen molar-refractivity contribution in [2.45, 2.75) is 83.5 Å². The van der Waals surface area contributed by atoms with Crippen molar-refractivity contribution < 1.29 is 29.3 Å². The van der Waals surface area contributed by atoms with E-state index in [4.69, 9.17) is 14.6 Å². The van der Waals surface area contributed by atoms with Crippen LogP contribution in [0, 0.1) is 5.92 Å². The highest BCUT2D eigenvalue weighted by Gasteiger charge is 2.39. The summed E-state index contributed by atoms with van der Waals surface area (Å²) in [4.78, 5) is 25.1. The first-order valence-electron chi connectivity index (χ1n) is 14.2. The lowest BCUT2D eigenvalue weighted by atomic mass is 9.89. The molecule has 0 saturated carbocycles. The van der Waals surface area contributed by atoms with Crippen molar-refractivity contribution in [3.05, 3.63) is 70.8 Å². The summed E-state index contributed by atoms with van der Waals surface area (Å²) in [5, 5.41) is 21.0. The minimum atomic E-state index is -0.983. The Kier molecular flexibility index (Phi) is 10.9. The second kappa shape index (κ2) is 14.6. The predicted molar refractivity (Wildman–Crippen MR) is 148 cm³/mol. The van der Waals surface area contributed by atoms with Gasteiger partial charge in [0.2, 0.25) is 5.91 Å². The Bertz CT molecular complexity index is 1050. The molecule has 3 N–H and O–H groups in total. The van der Waals surface area contributed by atoms with E-state index >= 15 is 0 Å². The number of aliphatic hydroxyl groups is 1. The van der Waals surface area contributed by atoms with Crippen LogP contribution >= 0.6 is 0 Å². The number of carbonyl (C=O) groups excluding carboxylic acids is 1. The fourth-order valence-corrected chi connectivity index (χ4v) is 5.38. The zero-order chi connectivity index (χ0) is 27.6. The lowest BCUT2D eigenvalue weighted by Gasteiger charge is -2.43. The number of carbonyl (C=O) groups is 2. The normalized spacial score (nSPS) is 24.5. The molecule has 2 fully saturated rings. The minimum Gasteiger partial charge on any atom is -0.481 e. The number of nitrogens with one attached hydrogen (secondary N) is 1. The SMILES string of the molecule is C[C@@H]1[C@H](CN2CCCCCCC2)O[C@H](c2ccc(CNC(=O)CCC(=O)O)cc2)O[C@@H]1c1ccc(CO)cc1. The van der Waals surface area contributed by atoms with Gasteiger partial charge in [-0.05, 0) is 42.6 Å². The number of ether oxygens (including phenoxy) is 2. The van der Waals surface area contributed by atoms with E-state index in [1.165, 1.54) is 32.1 Å². The predicted octanol–water partition coefficient (Wildman–Crippen LogP) is 4.72. The molecule has 1 amide bonds. The van der Waals surface area contributed by atoms with Gasteiger partial charge in [0.05, 0.1) is 25.2 Å². The molecule has 8 heteroatoms. The molecule has 2 aromatic carbocycles. The molecule has 0 bridgehead atoms. The van der Waals surface area contributed by atoms with Crippen molar-refractivity contribution in [2.24, 2.45) is 5.92 Å². The maximum atomic E-state index is 11.9. The molecular weight excluding hydrogens is 496 g/mol. The van der Waals surface area contributed by atoms with Crippen LogP contribution in [0.4, 0.5) is 0 Å². The number of aliphatic hydroxyl groups excluding tert-OH is 1. The van der Waals surface area contributed by atoms with E-state index in [9.17, 15) is 14.7 Å². The van der Waals surface area contributed by atoms with Gasteiger partial charge < -0.3 is 29.9 Å². The van der Waals surface area contributed by atoms with Crippen molar-refractivity contribution in [3.63, 3.8) is 0 Å². The van der Waals surface area contributed by atoms with Crippen molar-refractivity contribution in [1.82, 2.24) is 10.2 Å². The van der Waals surface area contributed by atoms with Crippen molar-refractivity contribution >= 4 is 11.9 Å². The Hall–Kier alpha value is -2.78. The zero-order valence-corrected chi connectivity index (χ0v) is 22.9. The molecule has 2 aliphatic heterocycles. The zero-order valence-electron chi connectivity index (χ0n) is 22.9. The summed E-state index contributed by atoms with van der Waals surface area (Å²) in [6.07, 6.45) is 5.46.